The van der Waals surface area contributed by atoms with E-state index in [-0.39, 0.29) is 29.5 Å². The van der Waals surface area contributed by atoms with Crippen LogP contribution in [0.25, 0.3) is 11.1 Å². The number of phenolic OH excluding ortho intramolecular Hbond substituents is 1. The van der Waals surface area contributed by atoms with Crippen LogP contribution in [0.5, 0.6) is 11.5 Å². The SMILES string of the molecule is COc1ccc2cc1-c1cc(ccc1O)CCC(O)C#CCCC[C@@H](NC(=O)OCc1ccccc1)C[C@@H](O[Si](C)(C)C(C)(C)C)CC2. The van der Waals surface area contributed by atoms with Crippen LogP contribution in [0.1, 0.15) is 76.0 Å². The number of hydrogen-bond donors (Lipinski definition) is 3. The van der Waals surface area contributed by atoms with E-state index < -0.39 is 20.5 Å². The summed E-state index contributed by atoms with van der Waals surface area (Å²) in [6.45, 7) is 11.4. The maximum absolute atomic E-state index is 13.1. The molecular formula is C40H53NO6Si. The van der Waals surface area contributed by atoms with Gasteiger partial charge in [-0.1, -0.05) is 69.2 Å². The summed E-state index contributed by atoms with van der Waals surface area (Å²) < 4.78 is 18.4. The molecule has 1 aliphatic rings. The van der Waals surface area contributed by atoms with Crippen LogP contribution in [0.3, 0.4) is 0 Å². The minimum Gasteiger partial charge on any atom is -0.507 e. The Morgan fingerprint density at radius 1 is 0.958 bits per heavy atom. The first-order valence-electron chi connectivity index (χ1n) is 17.2. The van der Waals surface area contributed by atoms with E-state index in [0.29, 0.717) is 43.4 Å². The zero-order valence-corrected chi connectivity index (χ0v) is 30.5. The predicted octanol–water partition coefficient (Wildman–Crippen LogP) is 8.56. The van der Waals surface area contributed by atoms with Gasteiger partial charge >= 0.3 is 6.09 Å². The summed E-state index contributed by atoms with van der Waals surface area (Å²) in [4.78, 5) is 13.1. The third kappa shape index (κ3) is 10.9. The largest absolute Gasteiger partial charge is 0.507 e. The van der Waals surface area contributed by atoms with Crippen LogP contribution in [-0.2, 0) is 28.6 Å². The van der Waals surface area contributed by atoms with Gasteiger partial charge in [-0.05, 0) is 104 Å². The van der Waals surface area contributed by atoms with Crippen LogP contribution >= 0.6 is 0 Å². The molecule has 0 aromatic heterocycles. The first kappa shape index (κ1) is 37.1. The van der Waals surface area contributed by atoms with Crippen molar-refractivity contribution in [2.45, 2.75) is 115 Å². The lowest BCUT2D eigenvalue weighted by Gasteiger charge is -2.40. The van der Waals surface area contributed by atoms with Crippen LogP contribution in [0, 0.1) is 11.8 Å². The van der Waals surface area contributed by atoms with Gasteiger partial charge in [-0.25, -0.2) is 4.79 Å². The first-order chi connectivity index (χ1) is 22.8. The number of benzene rings is 3. The molecule has 0 spiro atoms. The summed E-state index contributed by atoms with van der Waals surface area (Å²) in [7, 11) is -0.525. The van der Waals surface area contributed by atoms with Gasteiger partial charge in [0, 0.05) is 29.7 Å². The molecule has 0 saturated carbocycles. The number of aryl methyl sites for hydroxylation is 2. The number of fused-ring (bicyclic) bond motifs is 5. The average molecular weight is 672 g/mol. The van der Waals surface area contributed by atoms with Gasteiger partial charge in [0.05, 0.1) is 7.11 Å². The maximum Gasteiger partial charge on any atom is 0.407 e. The zero-order valence-electron chi connectivity index (χ0n) is 29.5. The van der Waals surface area contributed by atoms with Gasteiger partial charge in [0.15, 0.2) is 8.32 Å². The number of amides is 1. The topological polar surface area (TPSA) is 97.2 Å². The number of ether oxygens (including phenoxy) is 2. The molecule has 3 aromatic carbocycles. The molecule has 0 heterocycles. The van der Waals surface area contributed by atoms with Crippen LogP contribution < -0.4 is 10.1 Å². The number of aliphatic hydroxyl groups is 1. The third-order valence-corrected chi connectivity index (χ3v) is 14.1. The number of aromatic hydroxyl groups is 1. The molecule has 0 saturated heterocycles. The van der Waals surface area contributed by atoms with Crippen LogP contribution in [0.2, 0.25) is 18.1 Å². The molecular weight excluding hydrogens is 619 g/mol. The summed E-state index contributed by atoms with van der Waals surface area (Å²) in [6, 6.07) is 21.2. The number of carbonyl (C=O) groups excluding carboxylic acids is 1. The molecule has 0 radical (unpaired) electrons. The van der Waals surface area contributed by atoms with Crippen molar-refractivity contribution in [3.8, 4) is 34.5 Å². The Kier molecular flexibility index (Phi) is 13.2. The second kappa shape index (κ2) is 17.1. The molecule has 3 aromatic rings. The second-order valence-corrected chi connectivity index (χ2v) is 19.1. The van der Waals surface area contributed by atoms with Crippen molar-refractivity contribution in [2.75, 3.05) is 7.11 Å². The van der Waals surface area contributed by atoms with Crippen molar-refractivity contribution in [1.82, 2.24) is 5.32 Å². The lowest BCUT2D eigenvalue weighted by Crippen LogP contribution is -2.46. The lowest BCUT2D eigenvalue weighted by atomic mass is 9.94. The Morgan fingerprint density at radius 3 is 2.35 bits per heavy atom. The highest BCUT2D eigenvalue weighted by Crippen LogP contribution is 2.40. The molecule has 4 bridgehead atoms. The molecule has 3 N–H and O–H groups in total. The van der Waals surface area contributed by atoms with Crippen LogP contribution in [0.15, 0.2) is 66.7 Å². The Labute approximate surface area is 288 Å². The van der Waals surface area contributed by atoms with Gasteiger partial charge < -0.3 is 29.4 Å². The fourth-order valence-corrected chi connectivity index (χ4v) is 7.12. The van der Waals surface area contributed by atoms with E-state index in [1.165, 1.54) is 0 Å². The number of phenols is 1. The minimum atomic E-state index is -2.16. The highest BCUT2D eigenvalue weighted by atomic mass is 28.4. The summed E-state index contributed by atoms with van der Waals surface area (Å²) in [5.74, 6) is 6.99. The van der Waals surface area contributed by atoms with Crippen molar-refractivity contribution < 1.29 is 28.9 Å². The maximum atomic E-state index is 13.1. The van der Waals surface area contributed by atoms with Gasteiger partial charge in [0.25, 0.3) is 0 Å². The fourth-order valence-electron chi connectivity index (χ4n) is 5.72. The van der Waals surface area contributed by atoms with E-state index in [4.69, 9.17) is 13.9 Å². The first-order valence-corrected chi connectivity index (χ1v) is 20.1. The summed E-state index contributed by atoms with van der Waals surface area (Å²) in [5, 5.41) is 24.7. The highest BCUT2D eigenvalue weighted by Gasteiger charge is 2.39. The van der Waals surface area contributed by atoms with Gasteiger partial charge in [0.2, 0.25) is 0 Å². The molecule has 1 unspecified atom stereocenters. The van der Waals surface area contributed by atoms with Gasteiger partial charge in [-0.2, -0.15) is 0 Å². The predicted molar refractivity (Wildman–Crippen MR) is 195 cm³/mol. The van der Waals surface area contributed by atoms with Gasteiger partial charge in [0.1, 0.15) is 24.2 Å². The van der Waals surface area contributed by atoms with E-state index >= 15 is 0 Å². The number of nitrogens with one attached hydrogen (secondary N) is 1. The Balaban J connectivity index is 1.64. The molecule has 0 fully saturated rings. The van der Waals surface area contributed by atoms with Crippen LogP contribution in [0.4, 0.5) is 4.79 Å². The molecule has 1 amide bonds. The van der Waals surface area contributed by atoms with E-state index in [1.807, 2.05) is 48.5 Å². The third-order valence-electron chi connectivity index (χ3n) is 9.55. The second-order valence-electron chi connectivity index (χ2n) is 14.3. The zero-order chi connectivity index (χ0) is 34.7. The van der Waals surface area contributed by atoms with E-state index in [9.17, 15) is 15.0 Å². The van der Waals surface area contributed by atoms with Crippen molar-refractivity contribution in [1.29, 1.82) is 0 Å². The Bertz CT molecular complexity index is 1560. The van der Waals surface area contributed by atoms with E-state index in [0.717, 1.165) is 41.5 Å². The number of aliphatic hydroxyl groups excluding tert-OH is 1. The normalized spacial score (nSPS) is 19.4. The van der Waals surface area contributed by atoms with E-state index in [1.54, 1.807) is 13.2 Å². The Hall–Kier alpha value is -3.77. The molecule has 8 heteroatoms. The fraction of sp³-hybridized carbons (Fsp3) is 0.475. The molecule has 48 heavy (non-hydrogen) atoms. The summed E-state index contributed by atoms with van der Waals surface area (Å²) in [5.41, 5.74) is 4.55. The summed E-state index contributed by atoms with van der Waals surface area (Å²) >= 11 is 0. The quantitative estimate of drug-likeness (QED) is 0.180. The molecule has 3 atom stereocenters. The monoisotopic (exact) mass is 671 g/mol. The molecule has 258 valence electrons. The lowest BCUT2D eigenvalue weighted by molar-refractivity contribution is 0.120. The van der Waals surface area contributed by atoms with Crippen LogP contribution in [-0.4, -0.2) is 50.0 Å². The summed E-state index contributed by atoms with van der Waals surface area (Å²) in [6.07, 6.45) is 4.01. The number of carbonyl (C=O) groups is 1. The molecule has 7 nitrogen and oxygen atoms in total. The number of methoxy groups -OCH3 is 1. The van der Waals surface area contributed by atoms with Crippen molar-refractivity contribution in [3.63, 3.8) is 0 Å². The van der Waals surface area contributed by atoms with Crippen molar-refractivity contribution in [3.05, 3.63) is 83.4 Å². The average Bonchev–Trinajstić information content (AvgIpc) is 3.05. The molecule has 4 rings (SSSR count). The smallest absolute Gasteiger partial charge is 0.407 e. The number of rotatable bonds is 6. The number of alkyl carbamates (subject to hydrolysis) is 1. The van der Waals surface area contributed by atoms with Crippen molar-refractivity contribution >= 4 is 14.4 Å². The van der Waals surface area contributed by atoms with E-state index in [2.05, 4.69) is 63.2 Å². The standard InChI is InChI=1S/C40H53NO6Si/c1-40(2,3)48(5,6)47-34-22-18-30-20-24-38(45-4)36(26-30)35-25-29(19-23-37(35)43)17-21-33(42)16-12-8-11-15-32(27-34)41-39(44)46-28-31-13-9-7-10-14-31/h7,9-10,13-14,19-20,23-26,32-34,42-43H,8,11,15,17-18,21-22,27-28H2,1-6H3,(H,41,44)/t32-,33?,34+/m1/s1. The highest BCUT2D eigenvalue weighted by molar-refractivity contribution is 6.74. The molecule has 0 aliphatic heterocycles. The Morgan fingerprint density at radius 2 is 1.65 bits per heavy atom. The van der Waals surface area contributed by atoms with Gasteiger partial charge in [-0.15, -0.1) is 5.92 Å². The van der Waals surface area contributed by atoms with Gasteiger partial charge in [-0.3, -0.25) is 0 Å². The minimum absolute atomic E-state index is 0.0152. The van der Waals surface area contributed by atoms with Crippen molar-refractivity contribution in [2.24, 2.45) is 0 Å². The number of hydrogen-bond acceptors (Lipinski definition) is 6. The molecule has 1 aliphatic carbocycles.